The van der Waals surface area contributed by atoms with Crippen molar-refractivity contribution in [2.75, 3.05) is 6.61 Å². The summed E-state index contributed by atoms with van der Waals surface area (Å²) in [5, 5.41) is 14.9. The molecule has 0 spiro atoms. The van der Waals surface area contributed by atoms with Crippen LogP contribution in [0.15, 0.2) is 0 Å². The summed E-state index contributed by atoms with van der Waals surface area (Å²) < 4.78 is 11.0. The first kappa shape index (κ1) is 26.1. The fourth-order valence-corrected chi connectivity index (χ4v) is 8.84. The van der Waals surface area contributed by atoms with Crippen molar-refractivity contribution in [1.29, 1.82) is 0 Å². The Hall–Kier alpha value is -1.96. The minimum atomic E-state index is -1.61. The molecule has 0 saturated heterocycles. The van der Waals surface area contributed by atoms with Crippen LogP contribution in [0.25, 0.3) is 0 Å². The second kappa shape index (κ2) is 9.16. The van der Waals surface area contributed by atoms with Crippen LogP contribution in [0, 0.1) is 34.5 Å². The largest absolute Gasteiger partial charge is 0.462 e. The predicted octanol–water partition coefficient (Wildman–Crippen LogP) is 2.94. The van der Waals surface area contributed by atoms with Gasteiger partial charge in [0, 0.05) is 38.1 Å². The molecule has 0 aromatic carbocycles. The molecule has 0 unspecified atom stereocenters. The predicted molar refractivity (Wildman–Crippen MR) is 127 cm³/mol. The molecule has 4 fully saturated rings. The molecule has 8 nitrogen and oxygen atoms in total. The molecule has 0 bridgehead atoms. The molecule has 0 radical (unpaired) electrons. The van der Waals surface area contributed by atoms with E-state index in [2.05, 4.69) is 12.2 Å². The van der Waals surface area contributed by atoms with Gasteiger partial charge in [0.15, 0.2) is 6.61 Å². The van der Waals surface area contributed by atoms with Crippen molar-refractivity contribution in [3.05, 3.63) is 0 Å². The molecule has 8 heteroatoms. The molecular weight excluding hydrogens is 450 g/mol. The molecule has 1 amide bonds. The number of Topliss-reactive ketones (excluding diaryl/α,β-unsaturated/α-hetero) is 1. The van der Waals surface area contributed by atoms with Gasteiger partial charge < -0.3 is 19.9 Å². The van der Waals surface area contributed by atoms with Crippen molar-refractivity contribution in [3.8, 4) is 0 Å². The van der Waals surface area contributed by atoms with Crippen molar-refractivity contribution in [1.82, 2.24) is 5.32 Å². The van der Waals surface area contributed by atoms with E-state index in [1.807, 2.05) is 6.92 Å². The van der Waals surface area contributed by atoms with Crippen molar-refractivity contribution >= 4 is 23.6 Å². The van der Waals surface area contributed by atoms with E-state index in [0.717, 1.165) is 38.5 Å². The van der Waals surface area contributed by atoms with Gasteiger partial charge in [-0.2, -0.15) is 0 Å². The summed E-state index contributed by atoms with van der Waals surface area (Å²) >= 11 is 0. The molecule has 0 aliphatic heterocycles. The van der Waals surface area contributed by atoms with Crippen LogP contribution in [0.5, 0.6) is 0 Å². The van der Waals surface area contributed by atoms with E-state index < -0.39 is 35.5 Å². The number of hydrogen-bond donors (Lipinski definition) is 2. The average molecular weight is 492 g/mol. The fourth-order valence-electron chi connectivity index (χ4n) is 8.84. The van der Waals surface area contributed by atoms with Crippen LogP contribution in [0.1, 0.15) is 86.0 Å². The van der Waals surface area contributed by atoms with E-state index >= 15 is 0 Å². The van der Waals surface area contributed by atoms with Crippen LogP contribution >= 0.6 is 0 Å². The Labute approximate surface area is 207 Å². The van der Waals surface area contributed by atoms with Gasteiger partial charge in [0.2, 0.25) is 11.7 Å². The van der Waals surface area contributed by atoms with Gasteiger partial charge in [0.05, 0.1) is 0 Å². The van der Waals surface area contributed by atoms with E-state index in [1.165, 1.54) is 13.8 Å². The molecule has 35 heavy (non-hydrogen) atoms. The van der Waals surface area contributed by atoms with Gasteiger partial charge in [-0.15, -0.1) is 0 Å². The Morgan fingerprint density at radius 1 is 0.971 bits per heavy atom. The molecular formula is C27H41NO7. The molecule has 0 heterocycles. The van der Waals surface area contributed by atoms with Gasteiger partial charge in [0.1, 0.15) is 11.7 Å². The first-order chi connectivity index (χ1) is 16.3. The highest BCUT2D eigenvalue weighted by atomic mass is 16.5. The molecule has 4 saturated carbocycles. The van der Waals surface area contributed by atoms with E-state index in [1.54, 1.807) is 6.92 Å². The standard InChI is InChI=1S/C27H41NO7/c1-15(29)28-19-8-10-25(4)18(12-19)6-7-20-21-9-11-27(33,23(32)14-34-16(2)30)26(21,5)13-22(24(20)25)35-17(3)31/h18-22,24,33H,6-14H2,1-5H3,(H,28,29)/t18-,19+,20+,21+,22+,24-,25+,26+,27+/m1/s1. The highest BCUT2D eigenvalue weighted by molar-refractivity contribution is 5.91. The van der Waals surface area contributed by atoms with Crippen LogP contribution in [0.4, 0.5) is 0 Å². The third-order valence-electron chi connectivity index (χ3n) is 10.3. The van der Waals surface area contributed by atoms with Gasteiger partial charge >= 0.3 is 11.9 Å². The summed E-state index contributed by atoms with van der Waals surface area (Å²) in [5.41, 5.74) is -2.42. The third kappa shape index (κ3) is 4.30. The minimum absolute atomic E-state index is 0.00201. The summed E-state index contributed by atoms with van der Waals surface area (Å²) in [6.07, 6.45) is 5.82. The molecule has 0 aromatic rings. The minimum Gasteiger partial charge on any atom is -0.462 e. The number of ketones is 1. The van der Waals surface area contributed by atoms with Gasteiger partial charge in [-0.25, -0.2) is 0 Å². The Balaban J connectivity index is 1.65. The van der Waals surface area contributed by atoms with Crippen LogP contribution in [-0.2, 0) is 28.7 Å². The maximum atomic E-state index is 13.2. The van der Waals surface area contributed by atoms with Crippen molar-refractivity contribution in [3.63, 3.8) is 0 Å². The summed E-state index contributed by atoms with van der Waals surface area (Å²) in [5.74, 6) is -0.445. The van der Waals surface area contributed by atoms with Gasteiger partial charge in [-0.05, 0) is 74.5 Å². The van der Waals surface area contributed by atoms with E-state index in [0.29, 0.717) is 18.8 Å². The summed E-state index contributed by atoms with van der Waals surface area (Å²) in [6.45, 7) is 8.08. The lowest BCUT2D eigenvalue weighted by Gasteiger charge is -2.63. The fraction of sp³-hybridized carbons (Fsp3) is 0.852. The monoisotopic (exact) mass is 491 g/mol. The lowest BCUT2D eigenvalue weighted by molar-refractivity contribution is -0.211. The molecule has 0 aromatic heterocycles. The van der Waals surface area contributed by atoms with Gasteiger partial charge in [0.25, 0.3) is 0 Å². The highest BCUT2D eigenvalue weighted by Crippen LogP contribution is 2.68. The zero-order valence-electron chi connectivity index (χ0n) is 21.7. The number of ether oxygens (including phenoxy) is 2. The number of esters is 2. The zero-order chi connectivity index (χ0) is 25.8. The summed E-state index contributed by atoms with van der Waals surface area (Å²) in [7, 11) is 0. The van der Waals surface area contributed by atoms with E-state index in [-0.39, 0.29) is 41.1 Å². The number of aliphatic hydroxyl groups is 1. The molecule has 196 valence electrons. The molecule has 4 aliphatic carbocycles. The molecule has 4 rings (SSSR count). The maximum absolute atomic E-state index is 13.2. The number of carbonyl (C=O) groups excluding carboxylic acids is 4. The highest BCUT2D eigenvalue weighted by Gasteiger charge is 2.69. The second-order valence-corrected chi connectivity index (χ2v) is 12.1. The smallest absolute Gasteiger partial charge is 0.303 e. The normalized spacial score (nSPS) is 44.3. The SMILES string of the molecule is CC(=O)N[C@H]1CC[C@@]2(C)[C@H](CC[C@@H]3[C@@H]2[C@@H](OC(C)=O)C[C@@]2(C)[C@H]3CC[C@]2(O)C(=O)COC(C)=O)C1. The lowest BCUT2D eigenvalue weighted by Crippen LogP contribution is -2.64. The number of rotatable bonds is 5. The maximum Gasteiger partial charge on any atom is 0.303 e. The zero-order valence-corrected chi connectivity index (χ0v) is 21.7. The molecule has 9 atom stereocenters. The van der Waals surface area contributed by atoms with Gasteiger partial charge in [-0.3, -0.25) is 19.2 Å². The summed E-state index contributed by atoms with van der Waals surface area (Å²) in [4.78, 5) is 48.4. The topological polar surface area (TPSA) is 119 Å². The van der Waals surface area contributed by atoms with Crippen LogP contribution < -0.4 is 5.32 Å². The third-order valence-corrected chi connectivity index (χ3v) is 10.3. The van der Waals surface area contributed by atoms with Crippen molar-refractivity contribution < 1.29 is 33.8 Å². The first-order valence-corrected chi connectivity index (χ1v) is 13.1. The Morgan fingerprint density at radius 3 is 2.31 bits per heavy atom. The number of carbonyl (C=O) groups is 4. The summed E-state index contributed by atoms with van der Waals surface area (Å²) in [6, 6.07) is 0.179. The first-order valence-electron chi connectivity index (χ1n) is 13.1. The van der Waals surface area contributed by atoms with Gasteiger partial charge in [-0.1, -0.05) is 13.8 Å². The number of nitrogens with one attached hydrogen (secondary N) is 1. The van der Waals surface area contributed by atoms with Crippen molar-refractivity contribution in [2.24, 2.45) is 34.5 Å². The molecule has 4 aliphatic rings. The molecule has 2 N–H and O–H groups in total. The average Bonchev–Trinajstić information content (AvgIpc) is 3.02. The Morgan fingerprint density at radius 2 is 1.69 bits per heavy atom. The lowest BCUT2D eigenvalue weighted by atomic mass is 9.43. The quantitative estimate of drug-likeness (QED) is 0.568. The Bertz CT molecular complexity index is 904. The van der Waals surface area contributed by atoms with Crippen LogP contribution in [0.3, 0.4) is 0 Å². The van der Waals surface area contributed by atoms with E-state index in [9.17, 15) is 24.3 Å². The second-order valence-electron chi connectivity index (χ2n) is 12.1. The van der Waals surface area contributed by atoms with Crippen LogP contribution in [0.2, 0.25) is 0 Å². The Kier molecular flexibility index (Phi) is 6.84. The number of fused-ring (bicyclic) bond motifs is 5. The number of amides is 1. The van der Waals surface area contributed by atoms with Crippen LogP contribution in [-0.4, -0.2) is 53.1 Å². The number of hydrogen-bond acceptors (Lipinski definition) is 7. The van der Waals surface area contributed by atoms with Crippen molar-refractivity contribution in [2.45, 2.75) is 104 Å². The van der Waals surface area contributed by atoms with E-state index in [4.69, 9.17) is 9.47 Å².